The maximum Gasteiger partial charge on any atom is 0.267 e. The van der Waals surface area contributed by atoms with Crippen LogP contribution in [0.2, 0.25) is 10.0 Å². The molecule has 0 aliphatic carbocycles. The Bertz CT molecular complexity index is 1400. The summed E-state index contributed by atoms with van der Waals surface area (Å²) in [5.41, 5.74) is 4.12. The van der Waals surface area contributed by atoms with Crippen LogP contribution in [0, 0.1) is 6.92 Å². The molecule has 0 atom stereocenters. The molecule has 0 saturated carbocycles. The molecule has 1 aliphatic rings. The van der Waals surface area contributed by atoms with Crippen LogP contribution in [0.3, 0.4) is 0 Å². The number of nitrogens with zero attached hydrogens (tertiary/aromatic N) is 3. The lowest BCUT2D eigenvalue weighted by atomic mass is 10.1. The second kappa shape index (κ2) is 9.43. The van der Waals surface area contributed by atoms with Crippen molar-refractivity contribution in [3.8, 4) is 5.69 Å². The van der Waals surface area contributed by atoms with Crippen molar-refractivity contribution in [1.82, 2.24) is 14.5 Å². The van der Waals surface area contributed by atoms with Gasteiger partial charge < -0.3 is 0 Å². The quantitative estimate of drug-likeness (QED) is 0.218. The fourth-order valence-corrected chi connectivity index (χ4v) is 7.02. The molecular weight excluding hydrogens is 493 g/mol. The molecule has 0 spiro atoms. The monoisotopic (exact) mass is 515 g/mol. The van der Waals surface area contributed by atoms with Crippen molar-refractivity contribution in [2.24, 2.45) is 0 Å². The number of hydrogen-bond acceptors (Lipinski definition) is 5. The fourth-order valence-electron chi connectivity index (χ4n) is 4.15. The van der Waals surface area contributed by atoms with Crippen LogP contribution >= 0.6 is 46.3 Å². The summed E-state index contributed by atoms with van der Waals surface area (Å²) in [6.45, 7) is 7.10. The van der Waals surface area contributed by atoms with Crippen LogP contribution in [0.15, 0.2) is 52.4 Å². The maximum atomic E-state index is 13.9. The van der Waals surface area contributed by atoms with Crippen molar-refractivity contribution in [2.45, 2.75) is 37.7 Å². The Morgan fingerprint density at radius 1 is 1.15 bits per heavy atom. The third kappa shape index (κ3) is 4.47. The summed E-state index contributed by atoms with van der Waals surface area (Å²) in [5, 5.41) is 2.68. The summed E-state index contributed by atoms with van der Waals surface area (Å²) >= 11 is 15.6. The third-order valence-electron chi connectivity index (χ3n) is 6.03. The average molecular weight is 517 g/mol. The van der Waals surface area contributed by atoms with Crippen molar-refractivity contribution < 1.29 is 0 Å². The Balaban J connectivity index is 1.64. The van der Waals surface area contributed by atoms with Crippen molar-refractivity contribution in [2.75, 3.05) is 13.1 Å². The Morgan fingerprint density at radius 2 is 1.94 bits per heavy atom. The van der Waals surface area contributed by atoms with Crippen LogP contribution in [-0.4, -0.2) is 27.5 Å². The van der Waals surface area contributed by atoms with Crippen LogP contribution in [0.5, 0.6) is 0 Å². The molecule has 0 radical (unpaired) electrons. The molecule has 170 valence electrons. The molecule has 4 nitrogen and oxygen atoms in total. The van der Waals surface area contributed by atoms with Gasteiger partial charge in [-0.15, -0.1) is 11.3 Å². The minimum absolute atomic E-state index is 0.0102. The first-order chi connectivity index (χ1) is 15.9. The van der Waals surface area contributed by atoms with Crippen LogP contribution in [0.25, 0.3) is 15.9 Å². The van der Waals surface area contributed by atoms with Gasteiger partial charge in [0.25, 0.3) is 5.56 Å². The summed E-state index contributed by atoms with van der Waals surface area (Å²) < 4.78 is 1.76. The molecule has 0 unspecified atom stereocenters. The van der Waals surface area contributed by atoms with Crippen molar-refractivity contribution in [3.63, 3.8) is 0 Å². The first-order valence-electron chi connectivity index (χ1n) is 10.9. The van der Waals surface area contributed by atoms with E-state index >= 15 is 0 Å². The van der Waals surface area contributed by atoms with Gasteiger partial charge in [0.05, 0.1) is 11.1 Å². The molecule has 0 saturated heterocycles. The van der Waals surface area contributed by atoms with Gasteiger partial charge >= 0.3 is 0 Å². The summed E-state index contributed by atoms with van der Waals surface area (Å²) in [7, 11) is 0. The van der Waals surface area contributed by atoms with Gasteiger partial charge in [-0.2, -0.15) is 0 Å². The highest BCUT2D eigenvalue weighted by atomic mass is 35.5. The zero-order valence-electron chi connectivity index (χ0n) is 18.4. The van der Waals surface area contributed by atoms with Crippen molar-refractivity contribution in [1.29, 1.82) is 0 Å². The number of aryl methyl sites for hydroxylation is 1. The smallest absolute Gasteiger partial charge is 0.267 e. The van der Waals surface area contributed by atoms with E-state index in [1.807, 2.05) is 43.3 Å². The van der Waals surface area contributed by atoms with Gasteiger partial charge in [-0.25, -0.2) is 4.98 Å². The maximum absolute atomic E-state index is 13.9. The lowest BCUT2D eigenvalue weighted by molar-refractivity contribution is 0.272. The van der Waals surface area contributed by atoms with E-state index in [4.69, 9.17) is 28.2 Å². The molecule has 0 amide bonds. The number of likely N-dealkylation sites (N-methyl/N-ethyl adjacent to an activating group) is 1. The van der Waals surface area contributed by atoms with E-state index in [9.17, 15) is 4.79 Å². The van der Waals surface area contributed by atoms with Gasteiger partial charge in [-0.3, -0.25) is 14.3 Å². The molecule has 8 heteroatoms. The van der Waals surface area contributed by atoms with E-state index in [1.54, 1.807) is 22.0 Å². The largest absolute Gasteiger partial charge is 0.298 e. The van der Waals surface area contributed by atoms with E-state index in [-0.39, 0.29) is 5.56 Å². The Hall–Kier alpha value is -1.83. The van der Waals surface area contributed by atoms with Crippen molar-refractivity contribution in [3.05, 3.63) is 84.4 Å². The molecular formula is C25H23Cl2N3OS2. The number of halogens is 2. The third-order valence-corrected chi connectivity index (χ3v) is 8.72. The predicted octanol–water partition coefficient (Wildman–Crippen LogP) is 6.73. The second-order valence-electron chi connectivity index (χ2n) is 8.20. The summed E-state index contributed by atoms with van der Waals surface area (Å²) in [6.07, 6.45) is 0.890. The molecule has 5 rings (SSSR count). The average Bonchev–Trinajstić information content (AvgIpc) is 3.17. The van der Waals surface area contributed by atoms with Gasteiger partial charge in [0.2, 0.25) is 0 Å². The minimum atomic E-state index is 0.0102. The highest BCUT2D eigenvalue weighted by molar-refractivity contribution is 7.98. The zero-order valence-corrected chi connectivity index (χ0v) is 21.5. The summed E-state index contributed by atoms with van der Waals surface area (Å²) in [6, 6.07) is 13.5. The van der Waals surface area contributed by atoms with E-state index < -0.39 is 0 Å². The van der Waals surface area contributed by atoms with Crippen LogP contribution < -0.4 is 5.56 Å². The molecule has 4 aromatic rings. The van der Waals surface area contributed by atoms with Crippen molar-refractivity contribution >= 4 is 56.5 Å². The summed E-state index contributed by atoms with van der Waals surface area (Å²) in [5.74, 6) is 0.592. The first kappa shape index (κ1) is 22.9. The number of thioether (sulfide) groups is 1. The molecule has 0 fully saturated rings. The van der Waals surface area contributed by atoms with Gasteiger partial charge in [-0.1, -0.05) is 65.7 Å². The van der Waals surface area contributed by atoms with Crippen LogP contribution in [-0.2, 0) is 18.7 Å². The van der Waals surface area contributed by atoms with Gasteiger partial charge in [-0.05, 0) is 55.3 Å². The normalized spacial score (nSPS) is 14.1. The lowest BCUT2D eigenvalue weighted by Crippen LogP contribution is -2.30. The highest BCUT2D eigenvalue weighted by Gasteiger charge is 2.25. The van der Waals surface area contributed by atoms with E-state index in [0.717, 1.165) is 53.1 Å². The second-order valence-corrected chi connectivity index (χ2v) is 11.1. The SMILES string of the molecule is CCN1CCc2c(sc3nc(SCc4ccc(Cl)cc4Cl)n(-c4ccc(C)cc4)c(=O)c23)C1. The van der Waals surface area contributed by atoms with E-state index in [0.29, 0.717) is 21.0 Å². The van der Waals surface area contributed by atoms with Gasteiger partial charge in [0.15, 0.2) is 5.16 Å². The predicted molar refractivity (Wildman–Crippen MR) is 141 cm³/mol. The first-order valence-corrected chi connectivity index (χ1v) is 13.4. The number of hydrogen-bond donors (Lipinski definition) is 0. The number of rotatable bonds is 5. The molecule has 33 heavy (non-hydrogen) atoms. The Morgan fingerprint density at radius 3 is 2.67 bits per heavy atom. The lowest BCUT2D eigenvalue weighted by Gasteiger charge is -2.25. The fraction of sp³-hybridized carbons (Fsp3) is 0.280. The Kier molecular flexibility index (Phi) is 6.56. The molecule has 1 aliphatic heterocycles. The number of aromatic nitrogens is 2. The summed E-state index contributed by atoms with van der Waals surface area (Å²) in [4.78, 5) is 23.4. The molecule has 0 N–H and O–H groups in total. The topological polar surface area (TPSA) is 38.1 Å². The molecule has 0 bridgehead atoms. The zero-order chi connectivity index (χ0) is 23.1. The Labute approximate surface area is 211 Å². The van der Waals surface area contributed by atoms with Crippen LogP contribution in [0.4, 0.5) is 0 Å². The molecule has 2 aromatic heterocycles. The van der Waals surface area contributed by atoms with Gasteiger partial charge in [0.1, 0.15) is 4.83 Å². The van der Waals surface area contributed by atoms with E-state index in [2.05, 4.69) is 11.8 Å². The number of thiophene rings is 1. The minimum Gasteiger partial charge on any atom is -0.298 e. The van der Waals surface area contributed by atoms with Gasteiger partial charge in [0, 0.05) is 33.8 Å². The molecule has 2 aromatic carbocycles. The molecule has 3 heterocycles. The van der Waals surface area contributed by atoms with Crippen LogP contribution in [0.1, 0.15) is 28.5 Å². The number of benzene rings is 2. The standard InChI is InChI=1S/C25H23Cl2N3OS2/c1-3-29-11-10-19-21(13-29)33-23-22(19)24(31)30(18-8-4-15(2)5-9-18)25(28-23)32-14-16-6-7-17(26)12-20(16)27/h4-9,12H,3,10-11,13-14H2,1-2H3. The van der Waals surface area contributed by atoms with E-state index in [1.165, 1.54) is 22.2 Å². The number of fused-ring (bicyclic) bond motifs is 3. The highest BCUT2D eigenvalue weighted by Crippen LogP contribution is 2.35.